The van der Waals surface area contributed by atoms with E-state index in [0.29, 0.717) is 25.0 Å². The predicted octanol–water partition coefficient (Wildman–Crippen LogP) is 4.91. The highest BCUT2D eigenvalue weighted by atomic mass is 19.4. The lowest BCUT2D eigenvalue weighted by molar-refractivity contribution is -0.141. The number of rotatable bonds is 7. The van der Waals surface area contributed by atoms with Crippen molar-refractivity contribution >= 4 is 28.8 Å². The number of anilines is 1. The summed E-state index contributed by atoms with van der Waals surface area (Å²) in [6.07, 6.45) is 0.0803. The van der Waals surface area contributed by atoms with Gasteiger partial charge in [0.15, 0.2) is 0 Å². The average Bonchev–Trinajstić information content (AvgIpc) is 3.05. The van der Waals surface area contributed by atoms with Crippen LogP contribution < -0.4 is 5.32 Å². The molecule has 1 N–H and O–H groups in total. The van der Waals surface area contributed by atoms with Crippen molar-refractivity contribution in [2.45, 2.75) is 51.2 Å². The van der Waals surface area contributed by atoms with Crippen LogP contribution in [0.15, 0.2) is 36.5 Å². The Bertz CT molecular complexity index is 1300. The number of nitrogens with zero attached hydrogens (tertiary/aromatic N) is 5. The Morgan fingerprint density at radius 1 is 1.18 bits per heavy atom. The lowest BCUT2D eigenvalue weighted by atomic mass is 10.1. The fraction of sp³-hybridized carbons (Fsp3) is 0.481. The molecule has 1 aromatic carbocycles. The first kappa shape index (κ1) is 27.6. The van der Waals surface area contributed by atoms with Crippen molar-refractivity contribution < 1.29 is 22.8 Å². The number of para-hydroxylation sites is 1. The zero-order chi connectivity index (χ0) is 27.4. The van der Waals surface area contributed by atoms with E-state index in [-0.39, 0.29) is 23.5 Å². The normalized spacial score (nSPS) is 16.6. The number of aryl methyl sites for hydroxylation is 1. The summed E-state index contributed by atoms with van der Waals surface area (Å²) in [6.45, 7) is 3.92. The third-order valence-electron chi connectivity index (χ3n) is 6.81. The Morgan fingerprint density at radius 3 is 2.71 bits per heavy atom. The lowest BCUT2D eigenvalue weighted by Gasteiger charge is -2.27. The van der Waals surface area contributed by atoms with Gasteiger partial charge >= 0.3 is 6.18 Å². The fourth-order valence-electron chi connectivity index (χ4n) is 4.93. The molecule has 1 saturated heterocycles. The molecule has 0 aliphatic carbocycles. The van der Waals surface area contributed by atoms with E-state index < -0.39 is 17.8 Å². The topological polar surface area (TPSA) is 83.4 Å². The van der Waals surface area contributed by atoms with Crippen molar-refractivity contribution in [1.29, 1.82) is 0 Å². The number of amides is 2. The second-order valence-electron chi connectivity index (χ2n) is 10.0. The molecule has 0 radical (unpaired) electrons. The minimum atomic E-state index is -4.66. The van der Waals surface area contributed by atoms with Gasteiger partial charge in [-0.3, -0.25) is 19.9 Å². The fourth-order valence-corrected chi connectivity index (χ4v) is 4.93. The summed E-state index contributed by atoms with van der Waals surface area (Å²) in [5.41, 5.74) is 1.15. The Hall–Kier alpha value is -3.47. The van der Waals surface area contributed by atoms with Crippen LogP contribution in [0.5, 0.6) is 0 Å². The molecule has 3 heterocycles. The summed E-state index contributed by atoms with van der Waals surface area (Å²) in [5, 5.41) is 2.74. The van der Waals surface area contributed by atoms with Gasteiger partial charge in [-0.1, -0.05) is 12.1 Å². The summed E-state index contributed by atoms with van der Waals surface area (Å²) < 4.78 is 41.4. The highest BCUT2D eigenvalue weighted by molar-refractivity contribution is 6.04. The number of fused-ring (bicyclic) bond motifs is 1. The quantitative estimate of drug-likeness (QED) is 0.470. The van der Waals surface area contributed by atoms with Crippen molar-refractivity contribution in [3.63, 3.8) is 0 Å². The van der Waals surface area contributed by atoms with Crippen molar-refractivity contribution in [2.75, 3.05) is 39.0 Å². The Balaban J connectivity index is 1.65. The Morgan fingerprint density at radius 2 is 1.97 bits per heavy atom. The predicted molar refractivity (Wildman–Crippen MR) is 139 cm³/mol. The van der Waals surface area contributed by atoms with Crippen molar-refractivity contribution in [3.8, 4) is 0 Å². The monoisotopic (exact) mass is 530 g/mol. The summed E-state index contributed by atoms with van der Waals surface area (Å²) in [6, 6.07) is 7.47. The number of carbonyl (C=O) groups is 2. The molecular weight excluding hydrogens is 497 g/mol. The maximum Gasteiger partial charge on any atom is 0.433 e. The number of alkyl halides is 3. The van der Waals surface area contributed by atoms with Gasteiger partial charge in [0, 0.05) is 31.3 Å². The number of likely N-dealkylation sites (tertiary alicyclic amines) is 1. The number of imidazole rings is 1. The van der Waals surface area contributed by atoms with E-state index in [1.54, 1.807) is 0 Å². The molecule has 8 nitrogen and oxygen atoms in total. The highest BCUT2D eigenvalue weighted by Gasteiger charge is 2.33. The van der Waals surface area contributed by atoms with E-state index in [0.717, 1.165) is 55.6 Å². The molecule has 11 heteroatoms. The number of aromatic nitrogens is 3. The lowest BCUT2D eigenvalue weighted by Crippen LogP contribution is -2.36. The maximum atomic E-state index is 13.2. The molecule has 1 aliphatic heterocycles. The first-order chi connectivity index (χ1) is 18.0. The second kappa shape index (κ2) is 11.5. The number of halogens is 3. The molecule has 204 valence electrons. The van der Waals surface area contributed by atoms with Crippen molar-refractivity contribution in [3.05, 3.63) is 53.3 Å². The van der Waals surface area contributed by atoms with Crippen LogP contribution in [0, 0.1) is 6.92 Å². The van der Waals surface area contributed by atoms with Gasteiger partial charge in [-0.15, -0.1) is 0 Å². The zero-order valence-corrected chi connectivity index (χ0v) is 21.9. The smallest absolute Gasteiger partial charge is 0.341 e. The van der Waals surface area contributed by atoms with Gasteiger partial charge in [-0.05, 0) is 77.0 Å². The minimum absolute atomic E-state index is 0.0990. The van der Waals surface area contributed by atoms with Gasteiger partial charge in [0.25, 0.3) is 5.91 Å². The van der Waals surface area contributed by atoms with E-state index in [4.69, 9.17) is 0 Å². The Labute approximate surface area is 219 Å². The molecule has 3 aromatic rings. The number of benzene rings is 1. The average molecular weight is 531 g/mol. The summed E-state index contributed by atoms with van der Waals surface area (Å²) in [4.78, 5) is 38.0. The first-order valence-electron chi connectivity index (χ1n) is 12.8. The maximum absolute atomic E-state index is 13.2. The van der Waals surface area contributed by atoms with E-state index in [1.165, 1.54) is 6.07 Å². The molecule has 1 aliphatic rings. The highest BCUT2D eigenvalue weighted by Crippen LogP contribution is 2.33. The van der Waals surface area contributed by atoms with Gasteiger partial charge < -0.3 is 14.4 Å². The van der Waals surface area contributed by atoms with E-state index in [1.807, 2.05) is 53.6 Å². The van der Waals surface area contributed by atoms with Crippen LogP contribution in [0.2, 0.25) is 0 Å². The second-order valence-corrected chi connectivity index (χ2v) is 10.0. The van der Waals surface area contributed by atoms with Crippen LogP contribution in [-0.2, 0) is 11.0 Å². The number of hydrogen-bond acceptors (Lipinski definition) is 5. The molecular formula is C27H33F3N6O2. The molecule has 38 heavy (non-hydrogen) atoms. The van der Waals surface area contributed by atoms with Crippen LogP contribution >= 0.6 is 0 Å². The van der Waals surface area contributed by atoms with Crippen LogP contribution in [0.3, 0.4) is 0 Å². The molecule has 2 aromatic heterocycles. The van der Waals surface area contributed by atoms with Crippen molar-refractivity contribution in [2.24, 2.45) is 0 Å². The Kier molecular flexibility index (Phi) is 8.35. The zero-order valence-electron chi connectivity index (χ0n) is 21.9. The summed E-state index contributed by atoms with van der Waals surface area (Å²) in [5.74, 6) is -0.365. The summed E-state index contributed by atoms with van der Waals surface area (Å²) in [7, 11) is 3.95. The van der Waals surface area contributed by atoms with Crippen LogP contribution in [0.25, 0.3) is 11.0 Å². The molecule has 1 fully saturated rings. The van der Waals surface area contributed by atoms with E-state index >= 15 is 0 Å². The van der Waals surface area contributed by atoms with Crippen molar-refractivity contribution in [1.82, 2.24) is 24.3 Å². The largest absolute Gasteiger partial charge is 0.433 e. The third-order valence-corrected chi connectivity index (χ3v) is 6.81. The van der Waals surface area contributed by atoms with E-state index in [2.05, 4.69) is 15.3 Å². The number of hydrogen-bond donors (Lipinski definition) is 1. The number of nitrogens with one attached hydrogen (secondary N) is 1. The number of carbonyl (C=O) groups excluding carboxylic acids is 2. The van der Waals surface area contributed by atoms with Gasteiger partial charge in [0.05, 0.1) is 17.1 Å². The van der Waals surface area contributed by atoms with Gasteiger partial charge in [-0.25, -0.2) is 4.98 Å². The molecule has 2 amide bonds. The van der Waals surface area contributed by atoms with Crippen LogP contribution in [0.4, 0.5) is 19.1 Å². The van der Waals surface area contributed by atoms with Gasteiger partial charge in [0.1, 0.15) is 5.69 Å². The van der Waals surface area contributed by atoms with Gasteiger partial charge in [0.2, 0.25) is 11.9 Å². The molecule has 0 saturated carbocycles. The first-order valence-corrected chi connectivity index (χ1v) is 12.8. The number of pyridine rings is 1. The van der Waals surface area contributed by atoms with Crippen LogP contribution in [0.1, 0.15) is 59.8 Å². The molecule has 0 spiro atoms. The van der Waals surface area contributed by atoms with Crippen LogP contribution in [-0.4, -0.2) is 69.9 Å². The van der Waals surface area contributed by atoms with Gasteiger partial charge in [-0.2, -0.15) is 13.2 Å². The standard InChI is InChI=1S/C27H33F3N6O2/c1-18-8-6-10-21-24(18)36(20-9-4-5-15-35(17-20)23(37)11-7-14-34(2)3)26(32-21)33-25(38)19-12-13-31-22(16-19)27(28,29)30/h6,8,10,12-13,16,20H,4-5,7,9,11,14-15,17H2,1-3H3,(H,32,33,38)/t20-/m1/s1. The molecule has 0 bridgehead atoms. The molecule has 1 atom stereocenters. The third kappa shape index (κ3) is 6.32. The molecule has 0 unspecified atom stereocenters. The van der Waals surface area contributed by atoms with E-state index in [9.17, 15) is 22.8 Å². The minimum Gasteiger partial charge on any atom is -0.341 e. The SMILES string of the molecule is Cc1cccc2nc(NC(=O)c3ccnc(C(F)(F)F)c3)n([C@@H]3CCCCN(C(=O)CCCN(C)C)C3)c12. The molecule has 4 rings (SSSR count). The summed E-state index contributed by atoms with van der Waals surface area (Å²) >= 11 is 0.